The maximum absolute atomic E-state index is 11.4. The molecule has 1 fully saturated rings. The molecule has 1 aliphatic heterocycles. The highest BCUT2D eigenvalue weighted by Gasteiger charge is 2.28. The molecule has 5 nitrogen and oxygen atoms in total. The van der Waals surface area contributed by atoms with Gasteiger partial charge in [0, 0.05) is 19.2 Å². The first-order chi connectivity index (χ1) is 9.17. The van der Waals surface area contributed by atoms with Crippen LogP contribution in [0.3, 0.4) is 0 Å². The van der Waals surface area contributed by atoms with Gasteiger partial charge in [-0.05, 0) is 38.6 Å². The maximum atomic E-state index is 11.4. The molecule has 0 aromatic heterocycles. The van der Waals surface area contributed by atoms with Gasteiger partial charge in [0.05, 0.1) is 13.2 Å². The number of methoxy groups -OCH3 is 1. The minimum absolute atomic E-state index is 0.121. The monoisotopic (exact) mass is 272 g/mol. The van der Waals surface area contributed by atoms with E-state index in [4.69, 9.17) is 9.47 Å². The summed E-state index contributed by atoms with van der Waals surface area (Å²) in [7, 11) is 1.41. The summed E-state index contributed by atoms with van der Waals surface area (Å²) in [5, 5.41) is 6.37. The van der Waals surface area contributed by atoms with Gasteiger partial charge >= 0.3 is 6.09 Å². The first kappa shape index (κ1) is 16.2. The fourth-order valence-electron chi connectivity index (χ4n) is 2.50. The highest BCUT2D eigenvalue weighted by atomic mass is 16.5. The number of nitrogens with one attached hydrogen (secondary N) is 2. The van der Waals surface area contributed by atoms with E-state index in [-0.39, 0.29) is 18.2 Å². The van der Waals surface area contributed by atoms with Gasteiger partial charge in [-0.15, -0.1) is 0 Å². The summed E-state index contributed by atoms with van der Waals surface area (Å²) in [6.07, 6.45) is 4.25. The average Bonchev–Trinajstić information content (AvgIpc) is 2.42. The van der Waals surface area contributed by atoms with E-state index >= 15 is 0 Å². The molecule has 2 N–H and O–H groups in total. The van der Waals surface area contributed by atoms with Crippen LogP contribution in [0.15, 0.2) is 0 Å². The summed E-state index contributed by atoms with van der Waals surface area (Å²) < 4.78 is 10.3. The molecule has 0 aliphatic carbocycles. The van der Waals surface area contributed by atoms with E-state index in [1.807, 2.05) is 0 Å². The minimum Gasteiger partial charge on any atom is -0.453 e. The van der Waals surface area contributed by atoms with Crippen LogP contribution in [0.2, 0.25) is 0 Å². The number of hydrogen-bond donors (Lipinski definition) is 2. The SMILES string of the molecule is CCCCNCC(NC(=O)OC)C1CCO[C@H](C)C1. The minimum atomic E-state index is -0.346. The number of carbonyl (C=O) groups excluding carboxylic acids is 1. The van der Waals surface area contributed by atoms with Gasteiger partial charge in [0.1, 0.15) is 0 Å². The predicted molar refractivity (Wildman–Crippen MR) is 75.2 cm³/mol. The summed E-state index contributed by atoms with van der Waals surface area (Å²) in [4.78, 5) is 11.4. The Labute approximate surface area is 116 Å². The van der Waals surface area contributed by atoms with E-state index in [1.54, 1.807) is 0 Å². The largest absolute Gasteiger partial charge is 0.453 e. The van der Waals surface area contributed by atoms with Crippen LogP contribution in [0.1, 0.15) is 39.5 Å². The van der Waals surface area contributed by atoms with Crippen molar-refractivity contribution in [3.05, 3.63) is 0 Å². The van der Waals surface area contributed by atoms with E-state index < -0.39 is 0 Å². The molecule has 0 aromatic carbocycles. The molecule has 0 aromatic rings. The second kappa shape index (κ2) is 9.15. The molecule has 1 amide bonds. The number of ether oxygens (including phenoxy) is 2. The van der Waals surface area contributed by atoms with Crippen molar-refractivity contribution in [3.63, 3.8) is 0 Å². The fraction of sp³-hybridized carbons (Fsp3) is 0.929. The molecule has 0 spiro atoms. The Hall–Kier alpha value is -0.810. The van der Waals surface area contributed by atoms with E-state index in [0.29, 0.717) is 5.92 Å². The third kappa shape index (κ3) is 6.25. The first-order valence-electron chi connectivity index (χ1n) is 7.34. The van der Waals surface area contributed by atoms with Gasteiger partial charge in [0.2, 0.25) is 0 Å². The number of alkyl carbamates (subject to hydrolysis) is 1. The zero-order valence-corrected chi connectivity index (χ0v) is 12.4. The van der Waals surface area contributed by atoms with Crippen LogP contribution < -0.4 is 10.6 Å². The van der Waals surface area contributed by atoms with Crippen LogP contribution in [0.25, 0.3) is 0 Å². The van der Waals surface area contributed by atoms with E-state index in [0.717, 1.165) is 39.0 Å². The number of unbranched alkanes of at least 4 members (excludes halogenated alkanes) is 1. The van der Waals surface area contributed by atoms with Crippen molar-refractivity contribution in [2.45, 2.75) is 51.7 Å². The molecule has 5 heteroatoms. The second-order valence-electron chi connectivity index (χ2n) is 5.27. The summed E-state index contributed by atoms with van der Waals surface area (Å²) in [6, 6.07) is 0.121. The molecule has 3 atom stereocenters. The molecule has 0 saturated carbocycles. The Morgan fingerprint density at radius 1 is 1.53 bits per heavy atom. The third-order valence-corrected chi connectivity index (χ3v) is 3.65. The predicted octanol–water partition coefficient (Wildman–Crippen LogP) is 1.92. The molecular formula is C14H28N2O3. The molecule has 112 valence electrons. The van der Waals surface area contributed by atoms with Crippen molar-refractivity contribution in [1.82, 2.24) is 10.6 Å². The lowest BCUT2D eigenvalue weighted by Crippen LogP contribution is -2.49. The topological polar surface area (TPSA) is 59.6 Å². The standard InChI is InChI=1S/C14H28N2O3/c1-4-5-7-15-10-13(16-14(17)18-3)12-6-8-19-11(2)9-12/h11-13,15H,4-10H2,1-3H3,(H,16,17)/t11-,12?,13?/m1/s1. The molecule has 0 bridgehead atoms. The van der Waals surface area contributed by atoms with Crippen LogP contribution in [-0.2, 0) is 9.47 Å². The second-order valence-corrected chi connectivity index (χ2v) is 5.27. The maximum Gasteiger partial charge on any atom is 0.407 e. The normalized spacial score (nSPS) is 24.8. The Morgan fingerprint density at radius 2 is 2.32 bits per heavy atom. The Balaban J connectivity index is 2.44. The summed E-state index contributed by atoms with van der Waals surface area (Å²) in [5.74, 6) is 0.456. The summed E-state index contributed by atoms with van der Waals surface area (Å²) >= 11 is 0. The lowest BCUT2D eigenvalue weighted by Gasteiger charge is -2.33. The average molecular weight is 272 g/mol. The van der Waals surface area contributed by atoms with Gasteiger partial charge in [0.25, 0.3) is 0 Å². The van der Waals surface area contributed by atoms with Crippen molar-refractivity contribution in [2.24, 2.45) is 5.92 Å². The van der Waals surface area contributed by atoms with Crippen molar-refractivity contribution < 1.29 is 14.3 Å². The number of hydrogen-bond acceptors (Lipinski definition) is 4. The van der Waals surface area contributed by atoms with Gasteiger partial charge < -0.3 is 20.1 Å². The van der Waals surface area contributed by atoms with Crippen molar-refractivity contribution in [2.75, 3.05) is 26.8 Å². The van der Waals surface area contributed by atoms with Crippen molar-refractivity contribution in [1.29, 1.82) is 0 Å². The van der Waals surface area contributed by atoms with Gasteiger partial charge in [-0.3, -0.25) is 0 Å². The van der Waals surface area contributed by atoms with Crippen LogP contribution in [-0.4, -0.2) is 45.0 Å². The zero-order chi connectivity index (χ0) is 14.1. The van der Waals surface area contributed by atoms with E-state index in [2.05, 4.69) is 24.5 Å². The molecule has 1 aliphatic rings. The summed E-state index contributed by atoms with van der Waals surface area (Å²) in [5.41, 5.74) is 0. The van der Waals surface area contributed by atoms with E-state index in [9.17, 15) is 4.79 Å². The van der Waals surface area contributed by atoms with Gasteiger partial charge in [-0.2, -0.15) is 0 Å². The zero-order valence-electron chi connectivity index (χ0n) is 12.4. The quantitative estimate of drug-likeness (QED) is 0.695. The van der Waals surface area contributed by atoms with Crippen LogP contribution in [0, 0.1) is 5.92 Å². The van der Waals surface area contributed by atoms with Crippen molar-refractivity contribution in [3.8, 4) is 0 Å². The third-order valence-electron chi connectivity index (χ3n) is 3.65. The molecular weight excluding hydrogens is 244 g/mol. The number of amides is 1. The highest BCUT2D eigenvalue weighted by Crippen LogP contribution is 2.23. The lowest BCUT2D eigenvalue weighted by atomic mass is 9.89. The molecule has 1 rings (SSSR count). The first-order valence-corrected chi connectivity index (χ1v) is 7.34. The van der Waals surface area contributed by atoms with Crippen LogP contribution >= 0.6 is 0 Å². The number of rotatable bonds is 7. The molecule has 0 radical (unpaired) electrons. The fourth-order valence-corrected chi connectivity index (χ4v) is 2.50. The van der Waals surface area contributed by atoms with Gasteiger partial charge in [-0.1, -0.05) is 13.3 Å². The highest BCUT2D eigenvalue weighted by molar-refractivity contribution is 5.67. The van der Waals surface area contributed by atoms with E-state index in [1.165, 1.54) is 13.5 Å². The van der Waals surface area contributed by atoms with Gasteiger partial charge in [-0.25, -0.2) is 4.79 Å². The Bertz CT molecular complexity index is 261. The Morgan fingerprint density at radius 3 is 2.95 bits per heavy atom. The Kier molecular flexibility index (Phi) is 7.82. The molecule has 2 unspecified atom stereocenters. The van der Waals surface area contributed by atoms with Crippen LogP contribution in [0.5, 0.6) is 0 Å². The smallest absolute Gasteiger partial charge is 0.407 e. The molecule has 1 saturated heterocycles. The van der Waals surface area contributed by atoms with Gasteiger partial charge in [0.15, 0.2) is 0 Å². The molecule has 1 heterocycles. The van der Waals surface area contributed by atoms with Crippen molar-refractivity contribution >= 4 is 6.09 Å². The molecule has 19 heavy (non-hydrogen) atoms. The summed E-state index contributed by atoms with van der Waals surface area (Å²) in [6.45, 7) is 6.83. The number of carbonyl (C=O) groups is 1. The lowest BCUT2D eigenvalue weighted by molar-refractivity contribution is -0.00609. The van der Waals surface area contributed by atoms with Crippen LogP contribution in [0.4, 0.5) is 4.79 Å².